The molecule has 2 amide bonds. The van der Waals surface area contributed by atoms with Gasteiger partial charge < -0.3 is 10.6 Å². The third-order valence-corrected chi connectivity index (χ3v) is 5.78. The average Bonchev–Trinajstić information content (AvgIpc) is 3.27. The molecule has 3 rings (SSSR count). The normalized spacial score (nSPS) is 16.3. The highest BCUT2D eigenvalue weighted by Gasteiger charge is 2.28. The zero-order valence-electron chi connectivity index (χ0n) is 18.2. The average molecular weight is 408 g/mol. The summed E-state index contributed by atoms with van der Waals surface area (Å²) in [7, 11) is 0. The molecule has 1 fully saturated rings. The van der Waals surface area contributed by atoms with Crippen molar-refractivity contribution in [2.75, 3.05) is 19.6 Å². The molecule has 0 bridgehead atoms. The van der Waals surface area contributed by atoms with Crippen molar-refractivity contribution in [3.05, 3.63) is 71.3 Å². The van der Waals surface area contributed by atoms with E-state index in [0.717, 1.165) is 18.7 Å². The Bertz CT molecular complexity index is 827. The Morgan fingerprint density at radius 1 is 0.967 bits per heavy atom. The maximum atomic E-state index is 13.0. The second kappa shape index (κ2) is 10.4. The summed E-state index contributed by atoms with van der Waals surface area (Å²) in [6.45, 7) is 8.52. The first-order valence-electron chi connectivity index (χ1n) is 10.9. The molecular formula is C25H33N3O2. The van der Waals surface area contributed by atoms with E-state index in [2.05, 4.69) is 27.7 Å². The van der Waals surface area contributed by atoms with Gasteiger partial charge in [0.05, 0.1) is 6.04 Å². The van der Waals surface area contributed by atoms with Crippen molar-refractivity contribution in [1.29, 1.82) is 0 Å². The number of carbonyl (C=O) groups excluding carboxylic acids is 2. The first kappa shape index (κ1) is 22.0. The monoisotopic (exact) mass is 407 g/mol. The Labute approximate surface area is 179 Å². The molecule has 30 heavy (non-hydrogen) atoms. The lowest BCUT2D eigenvalue weighted by molar-refractivity contribution is -0.124. The fourth-order valence-electron chi connectivity index (χ4n) is 3.96. The quantitative estimate of drug-likeness (QED) is 0.701. The van der Waals surface area contributed by atoms with E-state index in [4.69, 9.17) is 0 Å². The number of hydrogen-bond donors (Lipinski definition) is 2. The second-order valence-electron chi connectivity index (χ2n) is 8.48. The van der Waals surface area contributed by atoms with Crippen LogP contribution in [0.3, 0.4) is 0 Å². The molecule has 160 valence electrons. The molecule has 2 N–H and O–H groups in total. The molecule has 1 aliphatic heterocycles. The lowest BCUT2D eigenvalue weighted by atomic mass is 10.0. The van der Waals surface area contributed by atoms with Crippen LogP contribution in [0.4, 0.5) is 0 Å². The maximum Gasteiger partial charge on any atom is 0.251 e. The lowest BCUT2D eigenvalue weighted by Crippen LogP contribution is -2.51. The van der Waals surface area contributed by atoms with Crippen molar-refractivity contribution >= 4 is 11.8 Å². The number of likely N-dealkylation sites (tertiary alicyclic amines) is 1. The first-order chi connectivity index (χ1) is 14.5. The smallest absolute Gasteiger partial charge is 0.251 e. The lowest BCUT2D eigenvalue weighted by Gasteiger charge is -2.29. The standard InChI is InChI=1S/C25H33N3O2/c1-18(2)23(27-24(29)21-13-11-19(3)12-14-21)25(30)26-17-22(28-15-7-8-16-28)20-9-5-4-6-10-20/h4-6,9-14,18,22-23H,7-8,15-17H2,1-3H3,(H,26,30)(H,27,29)/t22?,23-/m0/s1. The number of aryl methyl sites for hydroxylation is 1. The molecule has 2 atom stereocenters. The molecule has 2 aromatic rings. The number of nitrogens with one attached hydrogen (secondary N) is 2. The van der Waals surface area contributed by atoms with Crippen LogP contribution in [-0.2, 0) is 4.79 Å². The fourth-order valence-corrected chi connectivity index (χ4v) is 3.96. The third kappa shape index (κ3) is 5.70. The van der Waals surface area contributed by atoms with Crippen LogP contribution in [0.25, 0.3) is 0 Å². The summed E-state index contributed by atoms with van der Waals surface area (Å²) in [5.74, 6) is -0.366. The van der Waals surface area contributed by atoms with Gasteiger partial charge in [-0.1, -0.05) is 61.9 Å². The van der Waals surface area contributed by atoms with Gasteiger partial charge in [-0.25, -0.2) is 0 Å². The van der Waals surface area contributed by atoms with Crippen molar-refractivity contribution in [3.8, 4) is 0 Å². The number of hydrogen-bond acceptors (Lipinski definition) is 3. The third-order valence-electron chi connectivity index (χ3n) is 5.78. The molecule has 0 spiro atoms. The molecular weight excluding hydrogens is 374 g/mol. The van der Waals surface area contributed by atoms with E-state index in [9.17, 15) is 9.59 Å². The molecule has 0 aromatic heterocycles. The Kier molecular flexibility index (Phi) is 7.63. The summed E-state index contributed by atoms with van der Waals surface area (Å²) in [6, 6.07) is 17.3. The summed E-state index contributed by atoms with van der Waals surface area (Å²) < 4.78 is 0. The van der Waals surface area contributed by atoms with Crippen molar-refractivity contribution in [2.45, 2.75) is 45.7 Å². The Balaban J connectivity index is 1.66. The Hall–Kier alpha value is -2.66. The van der Waals surface area contributed by atoms with Gasteiger partial charge in [-0.15, -0.1) is 0 Å². The van der Waals surface area contributed by atoms with Gasteiger partial charge >= 0.3 is 0 Å². The molecule has 5 heteroatoms. The molecule has 2 aromatic carbocycles. The minimum absolute atomic E-state index is 0.0126. The number of benzene rings is 2. The highest BCUT2D eigenvalue weighted by molar-refractivity contribution is 5.97. The van der Waals surface area contributed by atoms with Crippen LogP contribution in [0.15, 0.2) is 54.6 Å². The van der Waals surface area contributed by atoms with E-state index in [1.807, 2.05) is 51.1 Å². The van der Waals surface area contributed by atoms with Crippen LogP contribution < -0.4 is 10.6 Å². The molecule has 1 unspecified atom stereocenters. The van der Waals surface area contributed by atoms with Crippen molar-refractivity contribution in [1.82, 2.24) is 15.5 Å². The number of carbonyl (C=O) groups is 2. The van der Waals surface area contributed by atoms with Gasteiger partial charge in [0.1, 0.15) is 6.04 Å². The predicted octanol–water partition coefficient (Wildman–Crippen LogP) is 3.70. The van der Waals surface area contributed by atoms with Crippen molar-refractivity contribution in [3.63, 3.8) is 0 Å². The minimum Gasteiger partial charge on any atom is -0.352 e. The number of rotatable bonds is 8. The van der Waals surface area contributed by atoms with Crippen molar-refractivity contribution in [2.24, 2.45) is 5.92 Å². The van der Waals surface area contributed by atoms with E-state index in [1.54, 1.807) is 12.1 Å². The van der Waals surface area contributed by atoms with Crippen LogP contribution in [0, 0.1) is 12.8 Å². The first-order valence-corrected chi connectivity index (χ1v) is 10.9. The molecule has 5 nitrogen and oxygen atoms in total. The van der Waals surface area contributed by atoms with Gasteiger partial charge in [-0.05, 0) is 56.5 Å². The van der Waals surface area contributed by atoms with Gasteiger partial charge in [0.15, 0.2) is 0 Å². The second-order valence-corrected chi connectivity index (χ2v) is 8.48. The summed E-state index contributed by atoms with van der Waals surface area (Å²) in [4.78, 5) is 28.1. The highest BCUT2D eigenvalue weighted by Crippen LogP contribution is 2.24. The van der Waals surface area contributed by atoms with E-state index in [-0.39, 0.29) is 23.8 Å². The molecule has 0 saturated carbocycles. The van der Waals surface area contributed by atoms with Gasteiger partial charge in [0, 0.05) is 12.1 Å². The predicted molar refractivity (Wildman–Crippen MR) is 120 cm³/mol. The van der Waals surface area contributed by atoms with Gasteiger partial charge in [-0.3, -0.25) is 14.5 Å². The topological polar surface area (TPSA) is 61.4 Å². The summed E-state index contributed by atoms with van der Waals surface area (Å²) in [5, 5.41) is 6.03. The minimum atomic E-state index is -0.575. The number of nitrogens with zero attached hydrogens (tertiary/aromatic N) is 1. The SMILES string of the molecule is Cc1ccc(C(=O)N[C@H](C(=O)NCC(c2ccccc2)N2CCCC2)C(C)C)cc1. The summed E-state index contributed by atoms with van der Waals surface area (Å²) in [6.07, 6.45) is 2.39. The Morgan fingerprint density at radius 3 is 2.20 bits per heavy atom. The van der Waals surface area contributed by atoms with E-state index in [1.165, 1.54) is 18.4 Å². The van der Waals surface area contributed by atoms with Gasteiger partial charge in [0.25, 0.3) is 5.91 Å². The molecule has 1 heterocycles. The maximum absolute atomic E-state index is 13.0. The summed E-state index contributed by atoms with van der Waals surface area (Å²) in [5.41, 5.74) is 2.88. The Morgan fingerprint density at radius 2 is 1.60 bits per heavy atom. The van der Waals surface area contributed by atoms with Gasteiger partial charge in [0.2, 0.25) is 5.91 Å². The van der Waals surface area contributed by atoms with E-state index < -0.39 is 6.04 Å². The highest BCUT2D eigenvalue weighted by atomic mass is 16.2. The number of amides is 2. The van der Waals surface area contributed by atoms with E-state index in [0.29, 0.717) is 12.1 Å². The van der Waals surface area contributed by atoms with Crippen LogP contribution in [0.2, 0.25) is 0 Å². The molecule has 1 saturated heterocycles. The van der Waals surface area contributed by atoms with Crippen molar-refractivity contribution < 1.29 is 9.59 Å². The summed E-state index contributed by atoms with van der Waals surface area (Å²) >= 11 is 0. The van der Waals surface area contributed by atoms with Crippen LogP contribution in [-0.4, -0.2) is 42.4 Å². The van der Waals surface area contributed by atoms with Gasteiger partial charge in [-0.2, -0.15) is 0 Å². The fraction of sp³-hybridized carbons (Fsp3) is 0.440. The zero-order valence-corrected chi connectivity index (χ0v) is 18.2. The molecule has 0 aliphatic carbocycles. The van der Waals surface area contributed by atoms with Crippen LogP contribution in [0.5, 0.6) is 0 Å². The molecule has 1 aliphatic rings. The largest absolute Gasteiger partial charge is 0.352 e. The van der Waals surface area contributed by atoms with Crippen LogP contribution in [0.1, 0.15) is 54.2 Å². The van der Waals surface area contributed by atoms with Crippen LogP contribution >= 0.6 is 0 Å². The van der Waals surface area contributed by atoms with E-state index >= 15 is 0 Å². The molecule has 0 radical (unpaired) electrons. The zero-order chi connectivity index (χ0) is 21.5.